The van der Waals surface area contributed by atoms with Crippen molar-refractivity contribution in [1.82, 2.24) is 15.0 Å². The predicted octanol–water partition coefficient (Wildman–Crippen LogP) is 3.21. The van der Waals surface area contributed by atoms with Gasteiger partial charge in [-0.15, -0.1) is 0 Å². The third kappa shape index (κ3) is 2.78. The van der Waals surface area contributed by atoms with Gasteiger partial charge in [-0.3, -0.25) is 9.98 Å². The number of amidine groups is 1. The topological polar surface area (TPSA) is 57.5 Å². The van der Waals surface area contributed by atoms with Crippen LogP contribution in [0.25, 0.3) is 0 Å². The molecule has 5 rings (SSSR count). The Hall–Kier alpha value is -2.50. The Labute approximate surface area is 160 Å². The SMILES string of the molecule is CCC1(C)CCN(c2cnc3c(n2)CN=C3N2CCCc3ncccc32)C1. The molecule has 0 aliphatic carbocycles. The highest BCUT2D eigenvalue weighted by Crippen LogP contribution is 2.36. The average Bonchev–Trinajstić information content (AvgIpc) is 3.31. The van der Waals surface area contributed by atoms with Crippen LogP contribution in [0.15, 0.2) is 29.5 Å². The highest BCUT2D eigenvalue weighted by Gasteiger charge is 2.34. The molecule has 3 aliphatic heterocycles. The van der Waals surface area contributed by atoms with Crippen molar-refractivity contribution < 1.29 is 0 Å². The highest BCUT2D eigenvalue weighted by molar-refractivity contribution is 6.11. The van der Waals surface area contributed by atoms with Crippen LogP contribution in [0.5, 0.6) is 0 Å². The third-order valence-electron chi connectivity index (χ3n) is 6.37. The number of hydrogen-bond donors (Lipinski definition) is 0. The summed E-state index contributed by atoms with van der Waals surface area (Å²) in [6.45, 7) is 8.37. The standard InChI is InChI=1S/C21H26N6/c1-3-21(2)8-11-26(14-21)18-13-23-19-16(25-18)12-24-20(19)27-10-5-6-15-17(27)7-4-9-22-15/h4,7,9,13H,3,5-6,8,10-12,14H2,1-2H3. The van der Waals surface area contributed by atoms with Crippen LogP contribution in [-0.2, 0) is 13.0 Å². The molecule has 2 aromatic rings. The largest absolute Gasteiger partial charge is 0.355 e. The minimum atomic E-state index is 0.396. The van der Waals surface area contributed by atoms with Gasteiger partial charge in [0.2, 0.25) is 0 Å². The molecule has 5 heterocycles. The number of aromatic nitrogens is 3. The lowest BCUT2D eigenvalue weighted by Crippen LogP contribution is -2.36. The molecular weight excluding hydrogens is 336 g/mol. The molecule has 1 atom stereocenters. The van der Waals surface area contributed by atoms with Crippen LogP contribution in [-0.4, -0.2) is 40.4 Å². The van der Waals surface area contributed by atoms with Gasteiger partial charge in [-0.2, -0.15) is 0 Å². The number of aliphatic imine (C=N–C) groups is 1. The van der Waals surface area contributed by atoms with Crippen molar-refractivity contribution >= 4 is 17.3 Å². The first kappa shape index (κ1) is 16.7. The monoisotopic (exact) mass is 362 g/mol. The van der Waals surface area contributed by atoms with Crippen molar-refractivity contribution in [2.45, 2.75) is 46.1 Å². The number of rotatable bonds is 2. The summed E-state index contributed by atoms with van der Waals surface area (Å²) in [6, 6.07) is 4.14. The fourth-order valence-electron chi connectivity index (χ4n) is 4.42. The Morgan fingerprint density at radius 2 is 2.11 bits per heavy atom. The Bertz CT molecular complexity index is 907. The van der Waals surface area contributed by atoms with Crippen LogP contribution in [0.2, 0.25) is 0 Å². The third-order valence-corrected chi connectivity index (χ3v) is 6.37. The van der Waals surface area contributed by atoms with Gasteiger partial charge in [0, 0.05) is 25.8 Å². The molecule has 0 N–H and O–H groups in total. The lowest BCUT2D eigenvalue weighted by atomic mass is 9.87. The van der Waals surface area contributed by atoms with E-state index in [9.17, 15) is 0 Å². The quantitative estimate of drug-likeness (QED) is 0.821. The smallest absolute Gasteiger partial charge is 0.156 e. The Morgan fingerprint density at radius 1 is 1.19 bits per heavy atom. The fraction of sp³-hybridized carbons (Fsp3) is 0.524. The second-order valence-corrected chi connectivity index (χ2v) is 8.22. The zero-order chi connectivity index (χ0) is 18.4. The van der Waals surface area contributed by atoms with Gasteiger partial charge in [0.25, 0.3) is 0 Å². The van der Waals surface area contributed by atoms with Gasteiger partial charge in [0.15, 0.2) is 5.84 Å². The van der Waals surface area contributed by atoms with Crippen molar-refractivity contribution in [3.05, 3.63) is 41.6 Å². The molecule has 2 aromatic heterocycles. The molecule has 140 valence electrons. The molecule has 0 saturated carbocycles. The van der Waals surface area contributed by atoms with Gasteiger partial charge < -0.3 is 9.80 Å². The Kier molecular flexibility index (Phi) is 3.88. The predicted molar refractivity (Wildman–Crippen MR) is 107 cm³/mol. The van der Waals surface area contributed by atoms with Crippen molar-refractivity contribution in [2.24, 2.45) is 10.4 Å². The number of nitrogens with zero attached hydrogens (tertiary/aromatic N) is 6. The number of aryl methyl sites for hydroxylation is 1. The summed E-state index contributed by atoms with van der Waals surface area (Å²) in [7, 11) is 0. The van der Waals surface area contributed by atoms with E-state index in [-0.39, 0.29) is 0 Å². The minimum Gasteiger partial charge on any atom is -0.355 e. The highest BCUT2D eigenvalue weighted by atomic mass is 15.3. The van der Waals surface area contributed by atoms with E-state index in [2.05, 4.69) is 34.7 Å². The number of anilines is 2. The second-order valence-electron chi connectivity index (χ2n) is 8.22. The zero-order valence-corrected chi connectivity index (χ0v) is 16.1. The van der Waals surface area contributed by atoms with Crippen LogP contribution in [0.1, 0.15) is 50.2 Å². The van der Waals surface area contributed by atoms with E-state index < -0.39 is 0 Å². The van der Waals surface area contributed by atoms with Gasteiger partial charge in [-0.1, -0.05) is 13.8 Å². The van der Waals surface area contributed by atoms with Crippen molar-refractivity contribution in [2.75, 3.05) is 29.4 Å². The molecule has 6 nitrogen and oxygen atoms in total. The molecule has 0 spiro atoms. The van der Waals surface area contributed by atoms with Gasteiger partial charge in [0.1, 0.15) is 11.5 Å². The second kappa shape index (κ2) is 6.29. The molecule has 0 radical (unpaired) electrons. The molecule has 6 heteroatoms. The van der Waals surface area contributed by atoms with E-state index in [1.807, 2.05) is 18.5 Å². The summed E-state index contributed by atoms with van der Waals surface area (Å²) >= 11 is 0. The molecule has 3 aliphatic rings. The maximum absolute atomic E-state index is 4.94. The first-order valence-electron chi connectivity index (χ1n) is 10.0. The van der Waals surface area contributed by atoms with Crippen molar-refractivity contribution in [3.63, 3.8) is 0 Å². The molecule has 0 bridgehead atoms. The zero-order valence-electron chi connectivity index (χ0n) is 16.1. The van der Waals surface area contributed by atoms with Crippen molar-refractivity contribution in [1.29, 1.82) is 0 Å². The van der Waals surface area contributed by atoms with Gasteiger partial charge in [0.05, 0.1) is 29.8 Å². The summed E-state index contributed by atoms with van der Waals surface area (Å²) in [5.41, 5.74) is 4.66. The molecular formula is C21H26N6. The fourth-order valence-corrected chi connectivity index (χ4v) is 4.42. The molecule has 27 heavy (non-hydrogen) atoms. The van der Waals surface area contributed by atoms with E-state index in [0.717, 1.165) is 61.2 Å². The van der Waals surface area contributed by atoms with Gasteiger partial charge >= 0.3 is 0 Å². The summed E-state index contributed by atoms with van der Waals surface area (Å²) in [6.07, 6.45) is 8.36. The Morgan fingerprint density at radius 3 is 2.96 bits per heavy atom. The van der Waals surface area contributed by atoms with Crippen molar-refractivity contribution in [3.8, 4) is 0 Å². The molecule has 1 unspecified atom stereocenters. The summed E-state index contributed by atoms with van der Waals surface area (Å²) in [4.78, 5) is 23.8. The maximum Gasteiger partial charge on any atom is 0.156 e. The molecule has 0 amide bonds. The normalized spacial score (nSPS) is 24.0. The van der Waals surface area contributed by atoms with E-state index in [4.69, 9.17) is 15.0 Å². The van der Waals surface area contributed by atoms with E-state index in [0.29, 0.717) is 12.0 Å². The van der Waals surface area contributed by atoms with E-state index in [1.54, 1.807) is 0 Å². The Balaban J connectivity index is 1.42. The summed E-state index contributed by atoms with van der Waals surface area (Å²) in [5.74, 6) is 1.96. The van der Waals surface area contributed by atoms with Gasteiger partial charge in [-0.05, 0) is 43.2 Å². The van der Waals surface area contributed by atoms with E-state index in [1.165, 1.54) is 18.5 Å². The maximum atomic E-state index is 4.94. The lowest BCUT2D eigenvalue weighted by molar-refractivity contribution is 0.355. The lowest BCUT2D eigenvalue weighted by Gasteiger charge is -2.30. The molecule has 1 fully saturated rings. The van der Waals surface area contributed by atoms with Crippen LogP contribution in [0.4, 0.5) is 11.5 Å². The first-order chi connectivity index (χ1) is 13.2. The summed E-state index contributed by atoms with van der Waals surface area (Å²) in [5, 5.41) is 0. The van der Waals surface area contributed by atoms with Crippen LogP contribution >= 0.6 is 0 Å². The average molecular weight is 362 g/mol. The van der Waals surface area contributed by atoms with Crippen LogP contribution in [0, 0.1) is 5.41 Å². The number of hydrogen-bond acceptors (Lipinski definition) is 6. The van der Waals surface area contributed by atoms with Crippen LogP contribution < -0.4 is 9.80 Å². The molecule has 0 aromatic carbocycles. The first-order valence-corrected chi connectivity index (χ1v) is 10.0. The summed E-state index contributed by atoms with van der Waals surface area (Å²) < 4.78 is 0. The number of pyridine rings is 1. The minimum absolute atomic E-state index is 0.396. The van der Waals surface area contributed by atoms with Crippen LogP contribution in [0.3, 0.4) is 0 Å². The number of fused-ring (bicyclic) bond motifs is 2. The van der Waals surface area contributed by atoms with Gasteiger partial charge in [-0.25, -0.2) is 9.97 Å². The molecule has 1 saturated heterocycles. The van der Waals surface area contributed by atoms with E-state index >= 15 is 0 Å².